The Kier molecular flexibility index (Phi) is 6.24. The average molecular weight is 563 g/mol. The molecule has 5 rings (SSSR count). The van der Waals surface area contributed by atoms with Gasteiger partial charge in [0.2, 0.25) is 5.60 Å². The number of halogens is 6. The molecule has 0 aromatic heterocycles. The fourth-order valence-corrected chi connectivity index (χ4v) is 5.07. The van der Waals surface area contributed by atoms with Crippen LogP contribution in [0.25, 0.3) is 0 Å². The van der Waals surface area contributed by atoms with Crippen LogP contribution in [0.2, 0.25) is 5.02 Å². The molecule has 3 aromatic rings. The molecular weight excluding hydrogens is 547 g/mol. The molecule has 2 heterocycles. The number of amides is 3. The van der Waals surface area contributed by atoms with E-state index in [1.54, 1.807) is 0 Å². The van der Waals surface area contributed by atoms with Crippen LogP contribution in [0.4, 0.5) is 38.1 Å². The molecule has 0 fully saturated rings. The van der Waals surface area contributed by atoms with Crippen molar-refractivity contribution in [1.29, 1.82) is 5.26 Å². The third-order valence-electron chi connectivity index (χ3n) is 6.64. The number of hydrogen-bond acceptors (Lipinski definition) is 4. The van der Waals surface area contributed by atoms with Crippen LogP contribution in [0.3, 0.4) is 0 Å². The van der Waals surface area contributed by atoms with E-state index in [0.29, 0.717) is 16.5 Å². The standard InChI is InChI=1S/C26H16ClF5N4O3/c27-18-3-1-13(28)9-15(18)22-21-16(23(37)35-22)7-12(5-6-33)8-19(21)34-24(38)36-11-25(39,26(30,31)32)17-10-14(29)2-4-20(17)36/h1-4,7-10,22,39H,5,11H2,(H,34,38)(H,35,37)/t22-,25+/m0/s1. The van der Waals surface area contributed by atoms with Crippen molar-refractivity contribution in [3.8, 4) is 6.07 Å². The molecule has 0 radical (unpaired) electrons. The van der Waals surface area contributed by atoms with Gasteiger partial charge in [0, 0.05) is 33.0 Å². The molecule has 0 bridgehead atoms. The average Bonchev–Trinajstić information content (AvgIpc) is 3.36. The summed E-state index contributed by atoms with van der Waals surface area (Å²) in [6.45, 7) is -1.27. The van der Waals surface area contributed by atoms with Crippen molar-refractivity contribution in [3.63, 3.8) is 0 Å². The molecule has 0 saturated carbocycles. The maximum atomic E-state index is 14.1. The summed E-state index contributed by atoms with van der Waals surface area (Å²) in [7, 11) is 0. The van der Waals surface area contributed by atoms with E-state index in [9.17, 15) is 41.9 Å². The molecule has 3 amide bonds. The molecule has 0 unspecified atom stereocenters. The molecule has 0 spiro atoms. The Morgan fingerprint density at radius 1 is 1.18 bits per heavy atom. The number of urea groups is 1. The first-order chi connectivity index (χ1) is 18.3. The van der Waals surface area contributed by atoms with Crippen molar-refractivity contribution in [2.75, 3.05) is 16.8 Å². The minimum absolute atomic E-state index is 0.0408. The van der Waals surface area contributed by atoms with Gasteiger partial charge in [-0.15, -0.1) is 0 Å². The Balaban J connectivity index is 1.60. The quantitative estimate of drug-likeness (QED) is 0.376. The maximum absolute atomic E-state index is 14.1. The van der Waals surface area contributed by atoms with Crippen molar-refractivity contribution in [1.82, 2.24) is 5.32 Å². The van der Waals surface area contributed by atoms with Crippen LogP contribution in [-0.4, -0.2) is 29.8 Å². The first-order valence-corrected chi connectivity index (χ1v) is 11.7. The number of hydrogen-bond donors (Lipinski definition) is 3. The summed E-state index contributed by atoms with van der Waals surface area (Å²) in [5.74, 6) is -2.31. The topological polar surface area (TPSA) is 105 Å². The second-order valence-corrected chi connectivity index (χ2v) is 9.45. The van der Waals surface area contributed by atoms with E-state index in [1.165, 1.54) is 18.2 Å². The number of carbonyl (C=O) groups is 2. The fraction of sp³-hybridized carbons (Fsp3) is 0.192. The molecule has 7 nitrogen and oxygen atoms in total. The van der Waals surface area contributed by atoms with E-state index in [-0.39, 0.29) is 39.5 Å². The van der Waals surface area contributed by atoms with Crippen molar-refractivity contribution in [2.24, 2.45) is 0 Å². The van der Waals surface area contributed by atoms with Gasteiger partial charge in [-0.3, -0.25) is 9.69 Å². The number of carbonyl (C=O) groups excluding carboxylic acids is 2. The normalized spacial score (nSPS) is 19.8. The highest BCUT2D eigenvalue weighted by atomic mass is 35.5. The summed E-state index contributed by atoms with van der Waals surface area (Å²) in [6.07, 6.45) is -5.41. The lowest BCUT2D eigenvalue weighted by Crippen LogP contribution is -2.48. The number of aliphatic hydroxyl groups is 1. The van der Waals surface area contributed by atoms with Gasteiger partial charge in [-0.05, 0) is 54.1 Å². The van der Waals surface area contributed by atoms with Crippen molar-refractivity contribution in [3.05, 3.63) is 93.0 Å². The third-order valence-corrected chi connectivity index (χ3v) is 6.98. The Hall–Kier alpha value is -4.21. The van der Waals surface area contributed by atoms with Crippen LogP contribution in [0.5, 0.6) is 0 Å². The van der Waals surface area contributed by atoms with Crippen LogP contribution in [-0.2, 0) is 12.0 Å². The number of nitrogens with one attached hydrogen (secondary N) is 2. The minimum atomic E-state index is -5.24. The minimum Gasteiger partial charge on any atom is -0.375 e. The number of benzene rings is 3. The molecule has 2 aliphatic heterocycles. The van der Waals surface area contributed by atoms with Crippen molar-refractivity contribution >= 4 is 34.9 Å². The Labute approximate surface area is 222 Å². The monoisotopic (exact) mass is 562 g/mol. The first-order valence-electron chi connectivity index (χ1n) is 11.3. The predicted octanol–water partition coefficient (Wildman–Crippen LogP) is 5.32. The van der Waals surface area contributed by atoms with Gasteiger partial charge in [0.05, 0.1) is 30.8 Å². The zero-order chi connectivity index (χ0) is 28.3. The van der Waals surface area contributed by atoms with Gasteiger partial charge in [-0.2, -0.15) is 18.4 Å². The van der Waals surface area contributed by atoms with E-state index in [2.05, 4.69) is 10.6 Å². The van der Waals surface area contributed by atoms with Gasteiger partial charge in [-0.25, -0.2) is 13.6 Å². The van der Waals surface area contributed by atoms with Gasteiger partial charge in [0.15, 0.2) is 0 Å². The van der Waals surface area contributed by atoms with Crippen molar-refractivity contribution < 1.29 is 36.6 Å². The number of nitrogens with zero attached hydrogens (tertiary/aromatic N) is 2. The molecule has 0 aliphatic carbocycles. The molecule has 2 atom stereocenters. The number of alkyl halides is 3. The SMILES string of the molecule is N#CCc1cc(NC(=O)N2C[C@](O)(C(F)(F)F)c3cc(F)ccc32)c2c(c1)C(=O)N[C@H]2c1cc(F)ccc1Cl. The second kappa shape index (κ2) is 9.21. The lowest BCUT2D eigenvalue weighted by atomic mass is 9.94. The Bertz CT molecular complexity index is 1590. The molecular formula is C26H16ClF5N4O3. The summed E-state index contributed by atoms with van der Waals surface area (Å²) in [5.41, 5.74) is -4.16. The largest absolute Gasteiger partial charge is 0.423 e. The zero-order valence-corrected chi connectivity index (χ0v) is 20.3. The predicted molar refractivity (Wildman–Crippen MR) is 129 cm³/mol. The van der Waals surface area contributed by atoms with Crippen LogP contribution in [0.1, 0.15) is 38.7 Å². The molecule has 3 N–H and O–H groups in total. The molecule has 200 valence electrons. The smallest absolute Gasteiger partial charge is 0.375 e. The Morgan fingerprint density at radius 2 is 1.87 bits per heavy atom. The lowest BCUT2D eigenvalue weighted by molar-refractivity contribution is -0.258. The van der Waals surface area contributed by atoms with Crippen LogP contribution in [0.15, 0.2) is 48.5 Å². The zero-order valence-electron chi connectivity index (χ0n) is 19.5. The summed E-state index contributed by atoms with van der Waals surface area (Å²) in [5, 5.41) is 24.9. The lowest BCUT2D eigenvalue weighted by Gasteiger charge is -2.27. The van der Waals surface area contributed by atoms with Gasteiger partial charge in [0.1, 0.15) is 11.6 Å². The van der Waals surface area contributed by atoms with Crippen LogP contribution >= 0.6 is 11.6 Å². The molecule has 0 saturated heterocycles. The van der Waals surface area contributed by atoms with Crippen molar-refractivity contribution in [2.45, 2.75) is 24.2 Å². The second-order valence-electron chi connectivity index (χ2n) is 9.05. The highest BCUT2D eigenvalue weighted by Gasteiger charge is 2.61. The maximum Gasteiger partial charge on any atom is 0.423 e. The van der Waals surface area contributed by atoms with E-state index >= 15 is 0 Å². The molecule has 39 heavy (non-hydrogen) atoms. The third kappa shape index (κ3) is 4.33. The number of anilines is 2. The number of fused-ring (bicyclic) bond motifs is 2. The van der Waals surface area contributed by atoms with Crippen LogP contribution < -0.4 is 15.5 Å². The number of β-amino-alcohol motifs (C(OH)–C–C–N with tert-alkyl or cyclic N) is 1. The highest BCUT2D eigenvalue weighted by molar-refractivity contribution is 6.31. The van der Waals surface area contributed by atoms with E-state index in [0.717, 1.165) is 24.3 Å². The van der Waals surface area contributed by atoms with E-state index < -0.39 is 53.5 Å². The first kappa shape index (κ1) is 26.4. The molecule has 3 aromatic carbocycles. The summed E-state index contributed by atoms with van der Waals surface area (Å²) >= 11 is 6.25. The number of nitriles is 1. The van der Waals surface area contributed by atoms with Gasteiger partial charge >= 0.3 is 12.2 Å². The highest BCUT2D eigenvalue weighted by Crippen LogP contribution is 2.49. The van der Waals surface area contributed by atoms with E-state index in [1.807, 2.05) is 6.07 Å². The van der Waals surface area contributed by atoms with E-state index in [4.69, 9.17) is 11.6 Å². The van der Waals surface area contributed by atoms with Crippen LogP contribution in [0, 0.1) is 23.0 Å². The summed E-state index contributed by atoms with van der Waals surface area (Å²) < 4.78 is 69.4. The summed E-state index contributed by atoms with van der Waals surface area (Å²) in [6, 6.07) is 8.26. The Morgan fingerprint density at radius 3 is 2.56 bits per heavy atom. The van der Waals surface area contributed by atoms with Gasteiger partial charge < -0.3 is 15.7 Å². The summed E-state index contributed by atoms with van der Waals surface area (Å²) in [4.78, 5) is 26.8. The van der Waals surface area contributed by atoms with Gasteiger partial charge in [-0.1, -0.05) is 11.6 Å². The molecule has 13 heteroatoms. The fourth-order valence-electron chi connectivity index (χ4n) is 4.84. The molecule has 2 aliphatic rings. The number of rotatable bonds is 3. The van der Waals surface area contributed by atoms with Gasteiger partial charge in [0.25, 0.3) is 5.91 Å².